The van der Waals surface area contributed by atoms with Gasteiger partial charge in [-0.15, -0.1) is 0 Å². The molecule has 0 heterocycles. The van der Waals surface area contributed by atoms with Crippen LogP contribution in [0.2, 0.25) is 0 Å². The third kappa shape index (κ3) is 9.01. The van der Waals surface area contributed by atoms with Crippen molar-refractivity contribution in [2.24, 2.45) is 0 Å². The van der Waals surface area contributed by atoms with Crippen molar-refractivity contribution in [2.75, 3.05) is 25.1 Å². The second kappa shape index (κ2) is 16.7. The van der Waals surface area contributed by atoms with E-state index in [9.17, 15) is 22.4 Å². The molecule has 1 aliphatic carbocycles. The second-order valence-electron chi connectivity index (χ2n) is 12.6. The minimum absolute atomic E-state index is 0.00779. The van der Waals surface area contributed by atoms with E-state index in [1.54, 1.807) is 0 Å². The van der Waals surface area contributed by atoms with Crippen LogP contribution in [-0.2, 0) is 32.6 Å². The first-order chi connectivity index (χ1) is 24.1. The molecule has 1 aliphatic rings. The van der Waals surface area contributed by atoms with Crippen LogP contribution in [0, 0.1) is 12.7 Å². The summed E-state index contributed by atoms with van der Waals surface area (Å²) in [7, 11) is -1.60. The first-order valence-corrected chi connectivity index (χ1v) is 18.2. The van der Waals surface area contributed by atoms with E-state index in [1.807, 2.05) is 61.5 Å². The summed E-state index contributed by atoms with van der Waals surface area (Å²) in [5, 5.41) is 3.21. The maximum absolute atomic E-state index is 14.7. The van der Waals surface area contributed by atoms with Crippen LogP contribution >= 0.6 is 0 Å². The number of hydrogen-bond acceptors (Lipinski definition) is 6. The Kier molecular flexibility index (Phi) is 12.1. The lowest BCUT2D eigenvalue weighted by Gasteiger charge is -2.35. The number of nitrogens with one attached hydrogen (secondary N) is 1. The van der Waals surface area contributed by atoms with Gasteiger partial charge in [-0.25, -0.2) is 12.8 Å². The number of sulfonamides is 1. The quantitative estimate of drug-likeness (QED) is 0.162. The van der Waals surface area contributed by atoms with Crippen molar-refractivity contribution in [1.29, 1.82) is 0 Å². The molecule has 0 aromatic heterocycles. The third-order valence-corrected chi connectivity index (χ3v) is 10.8. The summed E-state index contributed by atoms with van der Waals surface area (Å²) < 4.78 is 54.5. The molecule has 1 saturated carbocycles. The van der Waals surface area contributed by atoms with Gasteiger partial charge >= 0.3 is 0 Å². The van der Waals surface area contributed by atoms with E-state index in [4.69, 9.17) is 9.47 Å². The van der Waals surface area contributed by atoms with Crippen LogP contribution in [0.5, 0.6) is 11.5 Å². The molecule has 50 heavy (non-hydrogen) atoms. The van der Waals surface area contributed by atoms with Crippen LogP contribution in [0.4, 0.5) is 10.1 Å². The van der Waals surface area contributed by atoms with E-state index in [0.717, 1.165) is 65.2 Å². The number of benzene rings is 4. The highest BCUT2D eigenvalue weighted by Crippen LogP contribution is 2.32. The fourth-order valence-corrected chi connectivity index (χ4v) is 7.78. The predicted octanol–water partition coefficient (Wildman–Crippen LogP) is 6.44. The zero-order chi connectivity index (χ0) is 35.7. The van der Waals surface area contributed by atoms with Gasteiger partial charge in [0.15, 0.2) is 11.5 Å². The number of aryl methyl sites for hydroxylation is 1. The maximum atomic E-state index is 14.7. The average molecular weight is 702 g/mol. The molecule has 1 N–H and O–H groups in total. The summed E-state index contributed by atoms with van der Waals surface area (Å²) in [5.74, 6) is -0.945. The standard InChI is InChI=1S/C39H44FN3O6S/c1-28-11-10-14-30(23-28)26-42(35(24-29-12-6-4-7-13-29)39(45)41-32-15-8-5-9-16-32)38(44)27-43(33-19-17-31(40)18-20-33)50(46,47)34-21-22-36(48-2)37(25-34)49-3/h4,6-7,10-14,17-23,25,32,35H,5,8-9,15-16,24,26-27H2,1-3H3,(H,41,45). The molecule has 264 valence electrons. The molecule has 9 nitrogen and oxygen atoms in total. The minimum Gasteiger partial charge on any atom is -0.493 e. The molecule has 5 rings (SSSR count). The molecule has 0 spiro atoms. The average Bonchev–Trinajstić information content (AvgIpc) is 3.12. The Balaban J connectivity index is 1.58. The molecule has 11 heteroatoms. The Labute approximate surface area is 294 Å². The Morgan fingerprint density at radius 2 is 1.52 bits per heavy atom. The summed E-state index contributed by atoms with van der Waals surface area (Å²) in [4.78, 5) is 30.3. The second-order valence-corrected chi connectivity index (χ2v) is 14.4. The fourth-order valence-electron chi connectivity index (χ4n) is 6.35. The number of carbonyl (C=O) groups is 2. The van der Waals surface area contributed by atoms with Crippen LogP contribution in [0.1, 0.15) is 48.8 Å². The van der Waals surface area contributed by atoms with Crippen molar-refractivity contribution in [2.45, 2.75) is 69.0 Å². The van der Waals surface area contributed by atoms with Crippen molar-refractivity contribution in [3.8, 4) is 11.5 Å². The predicted molar refractivity (Wildman–Crippen MR) is 191 cm³/mol. The van der Waals surface area contributed by atoms with E-state index in [0.29, 0.717) is 5.75 Å². The molecule has 2 amide bonds. The first-order valence-electron chi connectivity index (χ1n) is 16.8. The minimum atomic E-state index is -4.43. The lowest BCUT2D eigenvalue weighted by atomic mass is 9.94. The number of ether oxygens (including phenoxy) is 2. The van der Waals surface area contributed by atoms with Gasteiger partial charge in [0, 0.05) is 25.1 Å². The van der Waals surface area contributed by atoms with Gasteiger partial charge in [0.1, 0.15) is 18.4 Å². The Hall–Kier alpha value is -4.90. The Bertz CT molecular complexity index is 1860. The molecular formula is C39H44FN3O6S. The summed E-state index contributed by atoms with van der Waals surface area (Å²) in [6, 6.07) is 25.2. The van der Waals surface area contributed by atoms with E-state index < -0.39 is 34.3 Å². The zero-order valence-electron chi connectivity index (χ0n) is 28.7. The summed E-state index contributed by atoms with van der Waals surface area (Å²) in [6.07, 6.45) is 5.08. The molecule has 0 bridgehead atoms. The normalized spacial score (nSPS) is 14.0. The fraction of sp³-hybridized carbons (Fsp3) is 0.333. The largest absolute Gasteiger partial charge is 0.493 e. The number of anilines is 1. The summed E-state index contributed by atoms with van der Waals surface area (Å²) in [5.41, 5.74) is 2.70. The zero-order valence-corrected chi connectivity index (χ0v) is 29.5. The molecule has 1 fully saturated rings. The Morgan fingerprint density at radius 1 is 0.840 bits per heavy atom. The van der Waals surface area contributed by atoms with Crippen LogP contribution in [0.3, 0.4) is 0 Å². The van der Waals surface area contributed by atoms with E-state index in [-0.39, 0.29) is 41.2 Å². The highest BCUT2D eigenvalue weighted by Gasteiger charge is 2.36. The van der Waals surface area contributed by atoms with Crippen molar-refractivity contribution >= 4 is 27.5 Å². The van der Waals surface area contributed by atoms with E-state index >= 15 is 0 Å². The lowest BCUT2D eigenvalue weighted by molar-refractivity contribution is -0.140. The van der Waals surface area contributed by atoms with Crippen molar-refractivity contribution in [3.05, 3.63) is 120 Å². The summed E-state index contributed by atoms with van der Waals surface area (Å²) >= 11 is 0. The van der Waals surface area contributed by atoms with Crippen LogP contribution in [0.25, 0.3) is 0 Å². The van der Waals surface area contributed by atoms with Crippen molar-refractivity contribution in [3.63, 3.8) is 0 Å². The number of hydrogen-bond donors (Lipinski definition) is 1. The highest BCUT2D eigenvalue weighted by molar-refractivity contribution is 7.92. The van der Waals surface area contributed by atoms with Gasteiger partial charge in [0.2, 0.25) is 11.8 Å². The van der Waals surface area contributed by atoms with Crippen LogP contribution < -0.4 is 19.1 Å². The van der Waals surface area contributed by atoms with Gasteiger partial charge in [0.05, 0.1) is 24.8 Å². The maximum Gasteiger partial charge on any atom is 0.264 e. The highest BCUT2D eigenvalue weighted by atomic mass is 32.2. The molecule has 0 saturated heterocycles. The van der Waals surface area contributed by atoms with E-state index in [2.05, 4.69) is 5.32 Å². The Morgan fingerprint density at radius 3 is 2.18 bits per heavy atom. The molecule has 4 aromatic rings. The number of halogens is 1. The van der Waals surface area contributed by atoms with Gasteiger partial charge in [-0.1, -0.05) is 79.4 Å². The van der Waals surface area contributed by atoms with Crippen molar-refractivity contribution in [1.82, 2.24) is 10.2 Å². The molecular weight excluding hydrogens is 658 g/mol. The number of methoxy groups -OCH3 is 2. The molecule has 0 aliphatic heterocycles. The smallest absolute Gasteiger partial charge is 0.264 e. The number of amides is 2. The first kappa shape index (κ1) is 36.4. The number of nitrogens with zero attached hydrogens (tertiary/aromatic N) is 2. The SMILES string of the molecule is COc1ccc(S(=O)(=O)N(CC(=O)N(Cc2cccc(C)c2)C(Cc2ccccc2)C(=O)NC2CCCCC2)c2ccc(F)cc2)cc1OC. The molecule has 0 radical (unpaired) electrons. The number of rotatable bonds is 14. The van der Waals surface area contributed by atoms with E-state index in [1.165, 1.54) is 49.5 Å². The van der Waals surface area contributed by atoms with Gasteiger partial charge in [-0.2, -0.15) is 0 Å². The summed E-state index contributed by atoms with van der Waals surface area (Å²) in [6.45, 7) is 1.35. The lowest BCUT2D eigenvalue weighted by Crippen LogP contribution is -2.55. The van der Waals surface area contributed by atoms with Crippen LogP contribution in [-0.4, -0.2) is 58.0 Å². The number of carbonyl (C=O) groups excluding carboxylic acids is 2. The van der Waals surface area contributed by atoms with Crippen molar-refractivity contribution < 1.29 is 31.9 Å². The topological polar surface area (TPSA) is 105 Å². The molecule has 4 aromatic carbocycles. The van der Waals surface area contributed by atoms with Gasteiger partial charge < -0.3 is 19.7 Å². The van der Waals surface area contributed by atoms with Crippen LogP contribution in [0.15, 0.2) is 102 Å². The third-order valence-electron chi connectivity index (χ3n) is 8.99. The monoisotopic (exact) mass is 701 g/mol. The molecule has 1 atom stereocenters. The van der Waals surface area contributed by atoms with Gasteiger partial charge in [-0.05, 0) is 67.3 Å². The van der Waals surface area contributed by atoms with Gasteiger partial charge in [0.25, 0.3) is 10.0 Å². The molecule has 1 unspecified atom stereocenters. The van der Waals surface area contributed by atoms with Gasteiger partial charge in [-0.3, -0.25) is 13.9 Å².